The van der Waals surface area contributed by atoms with E-state index in [4.69, 9.17) is 18.6 Å². The first-order chi connectivity index (χ1) is 21.4. The molecular weight excluding hydrogens is 584 g/mol. The van der Waals surface area contributed by atoms with Crippen molar-refractivity contribution in [1.82, 2.24) is 0 Å². The van der Waals surface area contributed by atoms with Gasteiger partial charge in [0.1, 0.15) is 11.9 Å². The third-order valence-electron chi connectivity index (χ3n) is 10.8. The zero-order valence-electron chi connectivity index (χ0n) is 29.2. The summed E-state index contributed by atoms with van der Waals surface area (Å²) in [4.78, 5) is 12.1. The molecular formula is C37H64O7Si. The van der Waals surface area contributed by atoms with E-state index in [0.29, 0.717) is 19.4 Å². The summed E-state index contributed by atoms with van der Waals surface area (Å²) in [7, 11) is -2.18. The van der Waals surface area contributed by atoms with E-state index in [1.807, 2.05) is 30.3 Å². The van der Waals surface area contributed by atoms with Crippen LogP contribution in [0.15, 0.2) is 30.3 Å². The Morgan fingerprint density at radius 3 is 2.42 bits per heavy atom. The first-order valence-corrected chi connectivity index (χ1v) is 20.8. The number of carboxylic acid groups (broad SMARTS) is 1. The maximum Gasteiger partial charge on any atom is 0.331 e. The Morgan fingerprint density at radius 2 is 1.78 bits per heavy atom. The second-order valence-electron chi connectivity index (χ2n) is 15.1. The fourth-order valence-electron chi connectivity index (χ4n) is 7.11. The summed E-state index contributed by atoms with van der Waals surface area (Å²) in [5.74, 6) is 0.309. The maximum absolute atomic E-state index is 12.1. The number of aliphatic hydroxyl groups excluding tert-OH is 1. The van der Waals surface area contributed by atoms with Crippen molar-refractivity contribution in [3.8, 4) is 5.75 Å². The zero-order valence-corrected chi connectivity index (χ0v) is 30.2. The van der Waals surface area contributed by atoms with Crippen LogP contribution in [0.25, 0.3) is 0 Å². The summed E-state index contributed by atoms with van der Waals surface area (Å²) < 4.78 is 24.9. The molecule has 1 aromatic carbocycles. The summed E-state index contributed by atoms with van der Waals surface area (Å²) >= 11 is 0. The Kier molecular flexibility index (Phi) is 15.4. The summed E-state index contributed by atoms with van der Waals surface area (Å²) in [5.41, 5.74) is -0.195. The Labute approximate surface area is 274 Å². The van der Waals surface area contributed by atoms with Gasteiger partial charge in [-0.05, 0) is 94.0 Å². The Bertz CT molecular complexity index is 975. The molecule has 0 bridgehead atoms. The Morgan fingerprint density at radius 1 is 1.04 bits per heavy atom. The molecule has 45 heavy (non-hydrogen) atoms. The molecule has 2 aliphatic rings. The van der Waals surface area contributed by atoms with Crippen molar-refractivity contribution >= 4 is 14.3 Å². The van der Waals surface area contributed by atoms with E-state index in [-0.39, 0.29) is 28.8 Å². The number of unbranched alkanes of at least 4 members (excludes halogenated alkanes) is 4. The van der Waals surface area contributed by atoms with Crippen LogP contribution in [-0.4, -0.2) is 62.3 Å². The Balaban J connectivity index is 1.64. The fraction of sp³-hybridized carbons (Fsp3) is 0.811. The van der Waals surface area contributed by atoms with Crippen LogP contribution in [0.1, 0.15) is 124 Å². The SMILES string of the molecule is CCCC[C@]1(CCCCCC(O[Si](C)(C)C(C)(C)C)C(=O)O)[C@@H](O)CC(OC2CCCCO2)[C@@H]1CCCCOc1ccccc1. The van der Waals surface area contributed by atoms with Crippen LogP contribution in [0.5, 0.6) is 5.75 Å². The second kappa shape index (κ2) is 18.2. The minimum atomic E-state index is -2.18. The first kappa shape index (κ1) is 38.0. The van der Waals surface area contributed by atoms with Gasteiger partial charge in [0.2, 0.25) is 0 Å². The molecule has 3 rings (SSSR count). The van der Waals surface area contributed by atoms with Crippen LogP contribution >= 0.6 is 0 Å². The molecule has 6 atom stereocenters. The molecule has 8 heteroatoms. The van der Waals surface area contributed by atoms with Crippen LogP contribution in [0.4, 0.5) is 0 Å². The lowest BCUT2D eigenvalue weighted by molar-refractivity contribution is -0.199. The number of hydrogen-bond donors (Lipinski definition) is 2. The average Bonchev–Trinajstić information content (AvgIpc) is 3.24. The van der Waals surface area contributed by atoms with Gasteiger partial charge in [-0.2, -0.15) is 0 Å². The van der Waals surface area contributed by atoms with Crippen LogP contribution in [0.2, 0.25) is 18.1 Å². The van der Waals surface area contributed by atoms with Crippen LogP contribution in [0.3, 0.4) is 0 Å². The smallest absolute Gasteiger partial charge is 0.331 e. The van der Waals surface area contributed by atoms with E-state index in [1.54, 1.807) is 0 Å². The average molecular weight is 649 g/mol. The van der Waals surface area contributed by atoms with Gasteiger partial charge in [0.15, 0.2) is 14.6 Å². The molecule has 1 aliphatic heterocycles. The molecule has 1 heterocycles. The van der Waals surface area contributed by atoms with E-state index in [9.17, 15) is 15.0 Å². The molecule has 0 radical (unpaired) electrons. The highest BCUT2D eigenvalue weighted by Crippen LogP contribution is 2.54. The van der Waals surface area contributed by atoms with Crippen molar-refractivity contribution in [1.29, 1.82) is 0 Å². The number of carboxylic acids is 1. The lowest BCUT2D eigenvalue weighted by atomic mass is 9.67. The quantitative estimate of drug-likeness (QED) is 0.108. The highest BCUT2D eigenvalue weighted by molar-refractivity contribution is 6.74. The highest BCUT2D eigenvalue weighted by atomic mass is 28.4. The molecule has 2 fully saturated rings. The summed E-state index contributed by atoms with van der Waals surface area (Å²) in [6.45, 7) is 14.3. The van der Waals surface area contributed by atoms with Crippen molar-refractivity contribution < 1.29 is 33.6 Å². The Hall–Kier alpha value is -1.45. The fourth-order valence-corrected chi connectivity index (χ4v) is 8.39. The van der Waals surface area contributed by atoms with Gasteiger partial charge in [0.25, 0.3) is 0 Å². The van der Waals surface area contributed by atoms with Gasteiger partial charge >= 0.3 is 5.97 Å². The van der Waals surface area contributed by atoms with Gasteiger partial charge in [-0.3, -0.25) is 0 Å². The van der Waals surface area contributed by atoms with Gasteiger partial charge in [-0.25, -0.2) is 4.79 Å². The van der Waals surface area contributed by atoms with Gasteiger partial charge in [0.05, 0.1) is 18.8 Å². The summed E-state index contributed by atoms with van der Waals surface area (Å²) in [5, 5.41) is 21.7. The molecule has 1 aromatic rings. The maximum atomic E-state index is 12.1. The normalized spacial score (nSPS) is 26.6. The third kappa shape index (κ3) is 11.3. The topological polar surface area (TPSA) is 94.5 Å². The summed E-state index contributed by atoms with van der Waals surface area (Å²) in [6.07, 6.45) is 12.8. The highest BCUT2D eigenvalue weighted by Gasteiger charge is 2.54. The molecule has 0 aromatic heterocycles. The van der Waals surface area contributed by atoms with E-state index in [1.165, 1.54) is 0 Å². The number of aliphatic hydroxyl groups is 1. The van der Waals surface area contributed by atoms with Crippen molar-refractivity contribution in [2.75, 3.05) is 13.2 Å². The van der Waals surface area contributed by atoms with Gasteiger partial charge < -0.3 is 28.8 Å². The molecule has 1 saturated heterocycles. The van der Waals surface area contributed by atoms with Crippen LogP contribution < -0.4 is 4.74 Å². The minimum absolute atomic E-state index is 0.00984. The molecule has 1 saturated carbocycles. The summed E-state index contributed by atoms with van der Waals surface area (Å²) in [6, 6.07) is 9.98. The number of para-hydroxylation sites is 1. The molecule has 0 spiro atoms. The van der Waals surface area contributed by atoms with Gasteiger partial charge in [-0.1, -0.05) is 78.0 Å². The number of carbonyl (C=O) groups is 1. The van der Waals surface area contributed by atoms with Gasteiger partial charge in [-0.15, -0.1) is 0 Å². The molecule has 3 unspecified atom stereocenters. The zero-order chi connectivity index (χ0) is 32.9. The minimum Gasteiger partial charge on any atom is -0.494 e. The molecule has 0 amide bonds. The number of rotatable bonds is 20. The number of ether oxygens (including phenoxy) is 3. The molecule has 258 valence electrons. The largest absolute Gasteiger partial charge is 0.494 e. The van der Waals surface area contributed by atoms with Gasteiger partial charge in [0, 0.05) is 18.4 Å². The standard InChI is InChI=1S/C37H64O7Si/c1-7-8-24-37(25-16-10-13-22-31(35(39)40)44-45(5,6)36(2,3)4)30(21-14-17-26-41-29-19-11-9-12-20-29)32(28-33(37)38)43-34-23-15-18-27-42-34/h9,11-12,19-20,30-34,38H,7-8,10,13-18,21-28H2,1-6H3,(H,39,40)/t30-,31?,32?,33-,34?,37+/m0/s1. The molecule has 7 nitrogen and oxygen atoms in total. The van der Waals surface area contributed by atoms with Crippen molar-refractivity contribution in [2.45, 2.75) is 167 Å². The lowest BCUT2D eigenvalue weighted by Gasteiger charge is -2.41. The molecule has 2 N–H and O–H groups in total. The van der Waals surface area contributed by atoms with Crippen LogP contribution in [0, 0.1) is 11.3 Å². The van der Waals surface area contributed by atoms with E-state index >= 15 is 0 Å². The van der Waals surface area contributed by atoms with Crippen molar-refractivity contribution in [3.63, 3.8) is 0 Å². The number of benzene rings is 1. The third-order valence-corrected chi connectivity index (χ3v) is 15.3. The predicted octanol–water partition coefficient (Wildman–Crippen LogP) is 9.13. The van der Waals surface area contributed by atoms with Crippen LogP contribution in [-0.2, 0) is 18.7 Å². The molecule has 1 aliphatic carbocycles. The predicted molar refractivity (Wildman–Crippen MR) is 183 cm³/mol. The second-order valence-corrected chi connectivity index (χ2v) is 19.9. The number of hydrogen-bond acceptors (Lipinski definition) is 6. The van der Waals surface area contributed by atoms with E-state index in [2.05, 4.69) is 40.8 Å². The first-order valence-electron chi connectivity index (χ1n) is 17.9. The number of aliphatic carboxylic acids is 1. The van der Waals surface area contributed by atoms with E-state index < -0.39 is 26.5 Å². The lowest BCUT2D eigenvalue weighted by Crippen LogP contribution is -2.46. The monoisotopic (exact) mass is 648 g/mol. The van der Waals surface area contributed by atoms with Crippen molar-refractivity contribution in [3.05, 3.63) is 30.3 Å². The van der Waals surface area contributed by atoms with Crippen molar-refractivity contribution in [2.24, 2.45) is 11.3 Å². The van der Waals surface area contributed by atoms with E-state index in [0.717, 1.165) is 95.8 Å².